The summed E-state index contributed by atoms with van der Waals surface area (Å²) < 4.78 is 45.7. The van der Waals surface area contributed by atoms with Crippen LogP contribution >= 0.6 is 0 Å². The van der Waals surface area contributed by atoms with Gasteiger partial charge in [-0.1, -0.05) is 24.3 Å². The quantitative estimate of drug-likeness (QED) is 0.283. The molecule has 1 fully saturated rings. The van der Waals surface area contributed by atoms with E-state index in [-0.39, 0.29) is 22.6 Å². The number of halogens is 2. The number of hydrogen-bond acceptors (Lipinski definition) is 5. The van der Waals surface area contributed by atoms with Gasteiger partial charge in [-0.15, -0.1) is 0 Å². The van der Waals surface area contributed by atoms with E-state index in [2.05, 4.69) is 6.07 Å². The van der Waals surface area contributed by atoms with Crippen LogP contribution in [0, 0.1) is 23.0 Å². The van der Waals surface area contributed by atoms with E-state index in [1.165, 1.54) is 0 Å². The van der Waals surface area contributed by atoms with Crippen LogP contribution in [0.4, 0.5) is 8.78 Å². The van der Waals surface area contributed by atoms with Gasteiger partial charge < -0.3 is 13.9 Å². The molecule has 0 N–H and O–H groups in total. The molecule has 7 heteroatoms. The lowest BCUT2D eigenvalue weighted by atomic mass is 9.96. The molecule has 0 amide bonds. The lowest BCUT2D eigenvalue weighted by molar-refractivity contribution is 0.200. The van der Waals surface area contributed by atoms with Crippen LogP contribution < -0.4 is 15.1 Å². The molecule has 0 spiro atoms. The SMILES string of the molecule is COc1cccc(C=Cc2oc(=O)c3cc(F)c(F)cc3c2-c2ccc(C#N)cc2)c1OC1CCCC1. The van der Waals surface area contributed by atoms with Crippen LogP contribution in [-0.2, 0) is 0 Å². The first-order chi connectivity index (χ1) is 18.0. The summed E-state index contributed by atoms with van der Waals surface area (Å²) in [5, 5.41) is 9.30. The van der Waals surface area contributed by atoms with Crippen LogP contribution in [0.15, 0.2) is 63.8 Å². The van der Waals surface area contributed by atoms with E-state index in [0.29, 0.717) is 33.8 Å². The average Bonchev–Trinajstić information content (AvgIpc) is 3.42. The smallest absolute Gasteiger partial charge is 0.344 e. The summed E-state index contributed by atoms with van der Waals surface area (Å²) in [5.41, 5.74) is 1.33. The Bertz CT molecular complexity index is 1590. The molecule has 1 aliphatic carbocycles. The van der Waals surface area contributed by atoms with Crippen molar-refractivity contribution in [2.75, 3.05) is 7.11 Å². The highest BCUT2D eigenvalue weighted by Gasteiger charge is 2.21. The van der Waals surface area contributed by atoms with Crippen molar-refractivity contribution in [1.82, 2.24) is 0 Å². The minimum absolute atomic E-state index is 0.0814. The number of benzene rings is 3. The molecule has 0 unspecified atom stereocenters. The first kappa shape index (κ1) is 24.3. The second-order valence-electron chi connectivity index (χ2n) is 8.87. The average molecular weight is 500 g/mol. The first-order valence-electron chi connectivity index (χ1n) is 12.0. The Hall–Kier alpha value is -4.44. The third-order valence-corrected chi connectivity index (χ3v) is 6.53. The Morgan fingerprint density at radius 3 is 2.38 bits per heavy atom. The standard InChI is InChI=1S/C30H23F2NO4/c1-35-27-8-4-5-20(29(27)36-21-6-2-3-7-21)13-14-26-28(19-11-9-18(17-33)10-12-19)22-15-24(31)25(32)16-23(22)30(34)37-26/h4-5,8-16,21H,2-3,6-7H2,1H3. The minimum atomic E-state index is -1.14. The molecule has 0 saturated heterocycles. The zero-order valence-corrected chi connectivity index (χ0v) is 20.1. The fourth-order valence-corrected chi connectivity index (χ4v) is 4.68. The fraction of sp³-hybridized carbons (Fsp3) is 0.200. The summed E-state index contributed by atoms with van der Waals surface area (Å²) in [4.78, 5) is 12.8. The van der Waals surface area contributed by atoms with E-state index in [0.717, 1.165) is 37.8 Å². The lowest BCUT2D eigenvalue weighted by Crippen LogP contribution is -2.12. The van der Waals surface area contributed by atoms with Gasteiger partial charge in [0.05, 0.1) is 30.2 Å². The van der Waals surface area contributed by atoms with Crippen LogP contribution in [0.1, 0.15) is 42.6 Å². The van der Waals surface area contributed by atoms with Gasteiger partial charge in [-0.05, 0) is 73.7 Å². The highest BCUT2D eigenvalue weighted by atomic mass is 19.2. The van der Waals surface area contributed by atoms with Crippen molar-refractivity contribution >= 4 is 22.9 Å². The van der Waals surface area contributed by atoms with E-state index in [9.17, 15) is 18.8 Å². The van der Waals surface area contributed by atoms with Crippen molar-refractivity contribution in [2.45, 2.75) is 31.8 Å². The van der Waals surface area contributed by atoms with E-state index < -0.39 is 17.3 Å². The van der Waals surface area contributed by atoms with Crippen LogP contribution in [-0.4, -0.2) is 13.2 Å². The number of methoxy groups -OCH3 is 1. The number of nitrogens with zero attached hydrogens (tertiary/aromatic N) is 1. The molecule has 0 radical (unpaired) electrons. The molecule has 37 heavy (non-hydrogen) atoms. The molecule has 5 nitrogen and oxygen atoms in total. The predicted molar refractivity (Wildman–Crippen MR) is 137 cm³/mol. The normalized spacial score (nSPS) is 13.8. The first-order valence-corrected chi connectivity index (χ1v) is 12.0. The minimum Gasteiger partial charge on any atom is -0.493 e. The highest BCUT2D eigenvalue weighted by molar-refractivity contribution is 5.99. The molecule has 4 aromatic rings. The molecule has 1 saturated carbocycles. The molecule has 0 bridgehead atoms. The third-order valence-electron chi connectivity index (χ3n) is 6.53. The lowest BCUT2D eigenvalue weighted by Gasteiger charge is -2.18. The topological polar surface area (TPSA) is 72.5 Å². The van der Waals surface area contributed by atoms with Crippen molar-refractivity contribution in [1.29, 1.82) is 5.26 Å². The van der Waals surface area contributed by atoms with Crippen LogP contribution in [0.5, 0.6) is 11.5 Å². The predicted octanol–water partition coefficient (Wildman–Crippen LogP) is 7.11. The maximum absolute atomic E-state index is 14.3. The Morgan fingerprint density at radius 2 is 1.70 bits per heavy atom. The zero-order valence-electron chi connectivity index (χ0n) is 20.1. The van der Waals surface area contributed by atoms with Crippen molar-refractivity contribution in [3.05, 3.63) is 93.5 Å². The van der Waals surface area contributed by atoms with E-state index in [4.69, 9.17) is 13.9 Å². The molecule has 1 aliphatic rings. The largest absolute Gasteiger partial charge is 0.493 e. The van der Waals surface area contributed by atoms with Gasteiger partial charge in [-0.3, -0.25) is 0 Å². The number of ether oxygens (including phenoxy) is 2. The number of nitriles is 1. The van der Waals surface area contributed by atoms with Crippen molar-refractivity contribution < 1.29 is 22.7 Å². The van der Waals surface area contributed by atoms with Gasteiger partial charge in [0.1, 0.15) is 5.76 Å². The monoisotopic (exact) mass is 499 g/mol. The van der Waals surface area contributed by atoms with Crippen LogP contribution in [0.3, 0.4) is 0 Å². The van der Waals surface area contributed by atoms with Gasteiger partial charge in [0, 0.05) is 16.5 Å². The Labute approximate surface area is 212 Å². The van der Waals surface area contributed by atoms with Gasteiger partial charge in [-0.25, -0.2) is 13.6 Å². The van der Waals surface area contributed by atoms with Crippen LogP contribution in [0.2, 0.25) is 0 Å². The van der Waals surface area contributed by atoms with Gasteiger partial charge >= 0.3 is 5.63 Å². The summed E-state index contributed by atoms with van der Waals surface area (Å²) in [6.07, 6.45) is 7.58. The fourth-order valence-electron chi connectivity index (χ4n) is 4.68. The molecule has 186 valence electrons. The molecular formula is C30H23F2NO4. The highest BCUT2D eigenvalue weighted by Crippen LogP contribution is 2.37. The van der Waals surface area contributed by atoms with E-state index in [1.54, 1.807) is 43.5 Å². The van der Waals surface area contributed by atoms with Gasteiger partial charge in [0.25, 0.3) is 0 Å². The second kappa shape index (κ2) is 10.3. The molecule has 0 atom stereocenters. The summed E-state index contributed by atoms with van der Waals surface area (Å²) >= 11 is 0. The summed E-state index contributed by atoms with van der Waals surface area (Å²) in [6.45, 7) is 0. The van der Waals surface area contributed by atoms with Gasteiger partial charge in [-0.2, -0.15) is 5.26 Å². The second-order valence-corrected chi connectivity index (χ2v) is 8.87. The number of fused-ring (bicyclic) bond motifs is 1. The Morgan fingerprint density at radius 1 is 1.00 bits per heavy atom. The molecular weight excluding hydrogens is 476 g/mol. The third kappa shape index (κ3) is 4.83. The Balaban J connectivity index is 1.68. The molecule has 5 rings (SSSR count). The van der Waals surface area contributed by atoms with Gasteiger partial charge in [0.15, 0.2) is 23.1 Å². The molecule has 1 aromatic heterocycles. The van der Waals surface area contributed by atoms with Crippen molar-refractivity contribution in [3.8, 4) is 28.7 Å². The van der Waals surface area contributed by atoms with Gasteiger partial charge in [0.2, 0.25) is 0 Å². The summed E-state index contributed by atoms with van der Waals surface area (Å²) in [7, 11) is 1.57. The van der Waals surface area contributed by atoms with Crippen LogP contribution in [0.25, 0.3) is 34.1 Å². The van der Waals surface area contributed by atoms with Crippen molar-refractivity contribution in [3.63, 3.8) is 0 Å². The van der Waals surface area contributed by atoms with E-state index >= 15 is 0 Å². The number of hydrogen-bond donors (Lipinski definition) is 0. The molecule has 0 aliphatic heterocycles. The molecule has 3 aromatic carbocycles. The zero-order chi connectivity index (χ0) is 25.9. The number of rotatable bonds is 6. The maximum atomic E-state index is 14.3. The summed E-state index contributed by atoms with van der Waals surface area (Å²) in [6, 6.07) is 16.0. The maximum Gasteiger partial charge on any atom is 0.344 e. The summed E-state index contributed by atoms with van der Waals surface area (Å²) in [5.74, 6) is -0.895. The molecule has 1 heterocycles. The van der Waals surface area contributed by atoms with E-state index in [1.807, 2.05) is 18.2 Å². The Kier molecular flexibility index (Phi) is 6.74. The number of para-hydroxylation sites is 1. The van der Waals surface area contributed by atoms with Crippen molar-refractivity contribution in [2.24, 2.45) is 0 Å².